The second-order valence-corrected chi connectivity index (χ2v) is 7.58. The molecular weight excluding hydrogens is 304 g/mol. The van der Waals surface area contributed by atoms with Crippen molar-refractivity contribution in [2.24, 2.45) is 5.92 Å². The molecule has 1 aliphatic carbocycles. The van der Waals surface area contributed by atoms with Crippen molar-refractivity contribution in [2.45, 2.75) is 57.7 Å². The summed E-state index contributed by atoms with van der Waals surface area (Å²) in [5.41, 5.74) is 0.769. The molecule has 1 atom stereocenters. The smallest absolute Gasteiger partial charge is 0.256 e. The highest BCUT2D eigenvalue weighted by Gasteiger charge is 2.43. The molecule has 1 unspecified atom stereocenters. The molecule has 2 aliphatic heterocycles. The van der Waals surface area contributed by atoms with Crippen LogP contribution in [0.15, 0.2) is 17.3 Å². The number of aromatic nitrogens is 2. The molecule has 3 fully saturated rings. The highest BCUT2D eigenvalue weighted by molar-refractivity contribution is 5.84. The van der Waals surface area contributed by atoms with E-state index in [0.29, 0.717) is 23.4 Å². The van der Waals surface area contributed by atoms with E-state index < -0.39 is 0 Å². The standard InChI is InChI=1S/C18H26N4O2/c1-13-10-19-12-21(17(13)23)11-14-4-7-20(8-5-14)16-6-9-22(18(16)24)15-2-3-15/h10,12,14-16H,2-9,11H2,1H3. The normalized spacial score (nSPS) is 26.3. The minimum absolute atomic E-state index is 0.0680. The lowest BCUT2D eigenvalue weighted by Gasteiger charge is -2.35. The number of carbonyl (C=O) groups is 1. The van der Waals surface area contributed by atoms with E-state index in [4.69, 9.17) is 0 Å². The van der Waals surface area contributed by atoms with Crippen LogP contribution in [0.4, 0.5) is 0 Å². The van der Waals surface area contributed by atoms with Gasteiger partial charge in [0.15, 0.2) is 0 Å². The highest BCUT2D eigenvalue weighted by atomic mass is 16.2. The van der Waals surface area contributed by atoms with Crippen LogP contribution in [0.3, 0.4) is 0 Å². The van der Waals surface area contributed by atoms with Gasteiger partial charge in [-0.15, -0.1) is 0 Å². The first-order chi connectivity index (χ1) is 11.6. The Balaban J connectivity index is 1.33. The number of carbonyl (C=O) groups excluding carboxylic acids is 1. The predicted molar refractivity (Wildman–Crippen MR) is 90.7 cm³/mol. The zero-order valence-electron chi connectivity index (χ0n) is 14.4. The van der Waals surface area contributed by atoms with Crippen molar-refractivity contribution in [1.29, 1.82) is 0 Å². The molecule has 0 bridgehead atoms. The van der Waals surface area contributed by atoms with Crippen LogP contribution in [0.5, 0.6) is 0 Å². The Kier molecular flexibility index (Phi) is 4.16. The molecule has 3 aliphatic rings. The quantitative estimate of drug-likeness (QED) is 0.827. The molecule has 1 saturated carbocycles. The van der Waals surface area contributed by atoms with Gasteiger partial charge in [0.25, 0.3) is 5.56 Å². The number of piperidine rings is 1. The molecule has 6 nitrogen and oxygen atoms in total. The number of rotatable bonds is 4. The van der Waals surface area contributed by atoms with Crippen LogP contribution >= 0.6 is 0 Å². The minimum Gasteiger partial charge on any atom is -0.338 e. The van der Waals surface area contributed by atoms with E-state index in [9.17, 15) is 9.59 Å². The largest absolute Gasteiger partial charge is 0.338 e. The van der Waals surface area contributed by atoms with Gasteiger partial charge in [0, 0.05) is 30.9 Å². The summed E-state index contributed by atoms with van der Waals surface area (Å²) < 4.78 is 1.74. The number of hydrogen-bond acceptors (Lipinski definition) is 4. The third kappa shape index (κ3) is 2.99. The Hall–Kier alpha value is -1.69. The third-order valence-electron chi connectivity index (χ3n) is 5.82. The van der Waals surface area contributed by atoms with Gasteiger partial charge >= 0.3 is 0 Å². The van der Waals surface area contributed by atoms with E-state index in [0.717, 1.165) is 45.4 Å². The zero-order chi connectivity index (χ0) is 16.7. The molecular formula is C18H26N4O2. The van der Waals surface area contributed by atoms with Crippen molar-refractivity contribution in [3.63, 3.8) is 0 Å². The molecule has 0 spiro atoms. The maximum atomic E-state index is 12.6. The summed E-state index contributed by atoms with van der Waals surface area (Å²) in [6.45, 7) is 5.43. The Morgan fingerprint density at radius 3 is 2.54 bits per heavy atom. The van der Waals surface area contributed by atoms with E-state index in [-0.39, 0.29) is 11.6 Å². The molecule has 130 valence electrons. The van der Waals surface area contributed by atoms with Crippen LogP contribution < -0.4 is 5.56 Å². The number of hydrogen-bond donors (Lipinski definition) is 0. The Morgan fingerprint density at radius 1 is 1.08 bits per heavy atom. The van der Waals surface area contributed by atoms with Gasteiger partial charge in [-0.1, -0.05) is 0 Å². The molecule has 6 heteroatoms. The Morgan fingerprint density at radius 2 is 1.83 bits per heavy atom. The van der Waals surface area contributed by atoms with Gasteiger partial charge in [0.2, 0.25) is 5.91 Å². The van der Waals surface area contributed by atoms with Gasteiger partial charge in [-0.25, -0.2) is 4.98 Å². The maximum Gasteiger partial charge on any atom is 0.256 e. The van der Waals surface area contributed by atoms with Gasteiger partial charge in [-0.05, 0) is 58.0 Å². The third-order valence-corrected chi connectivity index (χ3v) is 5.82. The Bertz CT molecular complexity index is 674. The van der Waals surface area contributed by atoms with Crippen LogP contribution in [-0.2, 0) is 11.3 Å². The van der Waals surface area contributed by atoms with Crippen LogP contribution in [0.25, 0.3) is 0 Å². The zero-order valence-corrected chi connectivity index (χ0v) is 14.4. The monoisotopic (exact) mass is 330 g/mol. The van der Waals surface area contributed by atoms with E-state index in [1.165, 1.54) is 12.8 Å². The molecule has 0 aromatic carbocycles. The number of likely N-dealkylation sites (tertiary alicyclic amines) is 2. The van der Waals surface area contributed by atoms with Crippen molar-refractivity contribution >= 4 is 5.91 Å². The summed E-state index contributed by atoms with van der Waals surface area (Å²) in [6.07, 6.45) is 8.75. The lowest BCUT2D eigenvalue weighted by atomic mass is 9.95. The van der Waals surface area contributed by atoms with Crippen LogP contribution in [-0.4, -0.2) is 57.0 Å². The lowest BCUT2D eigenvalue weighted by Crippen LogP contribution is -2.46. The summed E-state index contributed by atoms with van der Waals surface area (Å²) >= 11 is 0. The molecule has 4 rings (SSSR count). The van der Waals surface area contributed by atoms with Crippen LogP contribution in [0.1, 0.15) is 37.7 Å². The fraction of sp³-hybridized carbons (Fsp3) is 0.722. The molecule has 24 heavy (non-hydrogen) atoms. The van der Waals surface area contributed by atoms with Gasteiger partial charge in [-0.2, -0.15) is 0 Å². The highest BCUT2D eigenvalue weighted by Crippen LogP contribution is 2.33. The van der Waals surface area contributed by atoms with Gasteiger partial charge in [0.05, 0.1) is 12.4 Å². The fourth-order valence-corrected chi connectivity index (χ4v) is 4.19. The molecule has 1 amide bonds. The SMILES string of the molecule is Cc1cncn(CC2CCN(C3CCN(C4CC4)C3=O)CC2)c1=O. The van der Waals surface area contributed by atoms with Gasteiger partial charge in [0.1, 0.15) is 0 Å². The van der Waals surface area contributed by atoms with Crippen molar-refractivity contribution < 1.29 is 4.79 Å². The fourth-order valence-electron chi connectivity index (χ4n) is 4.19. The average molecular weight is 330 g/mol. The minimum atomic E-state index is 0.0680. The summed E-state index contributed by atoms with van der Waals surface area (Å²) in [4.78, 5) is 33.3. The van der Waals surface area contributed by atoms with Crippen LogP contribution in [0, 0.1) is 12.8 Å². The van der Waals surface area contributed by atoms with Crippen LogP contribution in [0.2, 0.25) is 0 Å². The van der Waals surface area contributed by atoms with Crippen molar-refractivity contribution in [3.8, 4) is 0 Å². The first-order valence-electron chi connectivity index (χ1n) is 9.19. The number of amides is 1. The molecule has 3 heterocycles. The number of nitrogens with zero attached hydrogens (tertiary/aromatic N) is 4. The predicted octanol–water partition coefficient (Wildman–Crippen LogP) is 1.03. The maximum absolute atomic E-state index is 12.6. The molecule has 1 aromatic heterocycles. The summed E-state index contributed by atoms with van der Waals surface area (Å²) in [6, 6.07) is 0.649. The van der Waals surface area contributed by atoms with Gasteiger partial charge < -0.3 is 4.90 Å². The second-order valence-electron chi connectivity index (χ2n) is 7.58. The van der Waals surface area contributed by atoms with Crippen molar-refractivity contribution in [2.75, 3.05) is 19.6 Å². The Labute approximate surface area is 142 Å². The second kappa shape index (κ2) is 6.31. The average Bonchev–Trinajstić information content (AvgIpc) is 3.35. The van der Waals surface area contributed by atoms with Gasteiger partial charge in [-0.3, -0.25) is 19.1 Å². The van der Waals surface area contributed by atoms with E-state index >= 15 is 0 Å². The lowest BCUT2D eigenvalue weighted by molar-refractivity contribution is -0.133. The molecule has 1 aromatic rings. The van der Waals surface area contributed by atoms with E-state index in [1.54, 1.807) is 17.1 Å². The van der Waals surface area contributed by atoms with E-state index in [2.05, 4.69) is 14.8 Å². The van der Waals surface area contributed by atoms with Crippen molar-refractivity contribution in [1.82, 2.24) is 19.4 Å². The molecule has 0 radical (unpaired) electrons. The van der Waals surface area contributed by atoms with E-state index in [1.807, 2.05) is 6.92 Å². The van der Waals surface area contributed by atoms with Crippen molar-refractivity contribution in [3.05, 3.63) is 28.4 Å². The first-order valence-corrected chi connectivity index (χ1v) is 9.19. The summed E-state index contributed by atoms with van der Waals surface area (Å²) in [5.74, 6) is 0.855. The first kappa shape index (κ1) is 15.8. The summed E-state index contributed by atoms with van der Waals surface area (Å²) in [5, 5.41) is 0. The topological polar surface area (TPSA) is 58.4 Å². The summed E-state index contributed by atoms with van der Waals surface area (Å²) in [7, 11) is 0. The molecule has 2 saturated heterocycles. The molecule has 0 N–H and O–H groups in total. The number of aryl methyl sites for hydroxylation is 1.